The topological polar surface area (TPSA) is 29.5 Å². The van der Waals surface area contributed by atoms with Crippen molar-refractivity contribution in [2.24, 2.45) is 0 Å². The van der Waals surface area contributed by atoms with Crippen molar-refractivity contribution in [1.29, 1.82) is 0 Å². The highest BCUT2D eigenvalue weighted by Crippen LogP contribution is 2.26. The van der Waals surface area contributed by atoms with E-state index in [0.29, 0.717) is 12.2 Å². The molecule has 0 heterocycles. The summed E-state index contributed by atoms with van der Waals surface area (Å²) in [5, 5.41) is 0. The van der Waals surface area contributed by atoms with Crippen LogP contribution < -0.4 is 4.90 Å². The standard InChI is InChI=1S/C15H23NO2/c1-5-11-16(4)14-12(6-2)9-8-10-13(14)15(17)18-7-3/h8-10H,5-7,11H2,1-4H3. The number of rotatable bonds is 6. The molecule has 18 heavy (non-hydrogen) atoms. The van der Waals surface area contributed by atoms with E-state index in [1.807, 2.05) is 26.1 Å². The molecule has 0 saturated carbocycles. The highest BCUT2D eigenvalue weighted by molar-refractivity contribution is 5.96. The van der Waals surface area contributed by atoms with Gasteiger partial charge in [-0.15, -0.1) is 0 Å². The van der Waals surface area contributed by atoms with Crippen LogP contribution >= 0.6 is 0 Å². The number of aryl methyl sites for hydroxylation is 1. The van der Waals surface area contributed by atoms with E-state index < -0.39 is 0 Å². The first-order valence-electron chi connectivity index (χ1n) is 6.65. The van der Waals surface area contributed by atoms with Gasteiger partial charge in [-0.05, 0) is 31.4 Å². The summed E-state index contributed by atoms with van der Waals surface area (Å²) < 4.78 is 5.13. The second kappa shape index (κ2) is 7.04. The molecule has 1 aromatic rings. The lowest BCUT2D eigenvalue weighted by molar-refractivity contribution is 0.0527. The molecule has 3 heteroatoms. The Kier molecular flexibility index (Phi) is 5.69. The van der Waals surface area contributed by atoms with Gasteiger partial charge in [0.2, 0.25) is 0 Å². The summed E-state index contributed by atoms with van der Waals surface area (Å²) in [5.41, 5.74) is 2.88. The summed E-state index contributed by atoms with van der Waals surface area (Å²) in [5.74, 6) is -0.231. The molecule has 0 spiro atoms. The van der Waals surface area contributed by atoms with Crippen molar-refractivity contribution in [3.63, 3.8) is 0 Å². The van der Waals surface area contributed by atoms with Gasteiger partial charge in [-0.25, -0.2) is 4.79 Å². The molecule has 0 unspecified atom stereocenters. The molecule has 0 aliphatic carbocycles. The molecule has 0 radical (unpaired) electrons. The molecule has 0 bridgehead atoms. The predicted molar refractivity (Wildman–Crippen MR) is 75.3 cm³/mol. The molecule has 0 saturated heterocycles. The fraction of sp³-hybridized carbons (Fsp3) is 0.533. The third-order valence-corrected chi connectivity index (χ3v) is 2.94. The van der Waals surface area contributed by atoms with Crippen molar-refractivity contribution in [2.45, 2.75) is 33.6 Å². The minimum atomic E-state index is -0.231. The summed E-state index contributed by atoms with van der Waals surface area (Å²) >= 11 is 0. The van der Waals surface area contributed by atoms with Crippen LogP contribution in [0.1, 0.15) is 43.1 Å². The maximum absolute atomic E-state index is 12.0. The molecular weight excluding hydrogens is 226 g/mol. The minimum Gasteiger partial charge on any atom is -0.462 e. The van der Waals surface area contributed by atoms with Gasteiger partial charge in [-0.1, -0.05) is 26.0 Å². The van der Waals surface area contributed by atoms with Gasteiger partial charge >= 0.3 is 5.97 Å². The van der Waals surface area contributed by atoms with Gasteiger partial charge in [-0.2, -0.15) is 0 Å². The van der Waals surface area contributed by atoms with Gasteiger partial charge in [-0.3, -0.25) is 0 Å². The summed E-state index contributed by atoms with van der Waals surface area (Å²) in [6.45, 7) is 7.41. The van der Waals surface area contributed by atoms with E-state index in [9.17, 15) is 4.79 Å². The fourth-order valence-electron chi connectivity index (χ4n) is 2.15. The van der Waals surface area contributed by atoms with E-state index in [1.54, 1.807) is 0 Å². The van der Waals surface area contributed by atoms with Crippen molar-refractivity contribution >= 4 is 11.7 Å². The Bertz CT molecular complexity index is 401. The average molecular weight is 249 g/mol. The first-order chi connectivity index (χ1) is 8.65. The lowest BCUT2D eigenvalue weighted by Crippen LogP contribution is -2.23. The van der Waals surface area contributed by atoms with E-state index in [2.05, 4.69) is 24.8 Å². The molecule has 1 aromatic carbocycles. The van der Waals surface area contributed by atoms with E-state index in [-0.39, 0.29) is 5.97 Å². The zero-order chi connectivity index (χ0) is 13.5. The maximum Gasteiger partial charge on any atom is 0.340 e. The molecular formula is C15H23NO2. The summed E-state index contributed by atoms with van der Waals surface area (Å²) in [4.78, 5) is 14.1. The number of carbonyl (C=O) groups is 1. The minimum absolute atomic E-state index is 0.231. The van der Waals surface area contributed by atoms with Gasteiger partial charge in [0.15, 0.2) is 0 Å². The lowest BCUT2D eigenvalue weighted by atomic mass is 10.0. The van der Waals surface area contributed by atoms with Gasteiger partial charge in [0.1, 0.15) is 0 Å². The molecule has 1 rings (SSSR count). The van der Waals surface area contributed by atoms with Gasteiger partial charge in [0.25, 0.3) is 0 Å². The smallest absolute Gasteiger partial charge is 0.340 e. The molecule has 0 N–H and O–H groups in total. The first kappa shape index (κ1) is 14.6. The van der Waals surface area contributed by atoms with Crippen LogP contribution in [0, 0.1) is 0 Å². The van der Waals surface area contributed by atoms with Gasteiger partial charge in [0.05, 0.1) is 17.9 Å². The number of anilines is 1. The molecule has 0 aliphatic rings. The van der Waals surface area contributed by atoms with Crippen LogP contribution in [0.5, 0.6) is 0 Å². The Morgan fingerprint density at radius 1 is 1.28 bits per heavy atom. The SMILES string of the molecule is CCCN(C)c1c(CC)cccc1C(=O)OCC. The summed E-state index contributed by atoms with van der Waals surface area (Å²) in [6, 6.07) is 5.84. The summed E-state index contributed by atoms with van der Waals surface area (Å²) in [6.07, 6.45) is 1.97. The van der Waals surface area contributed by atoms with Crippen molar-refractivity contribution < 1.29 is 9.53 Å². The molecule has 0 amide bonds. The zero-order valence-corrected chi connectivity index (χ0v) is 11.8. The maximum atomic E-state index is 12.0. The van der Waals surface area contributed by atoms with Crippen molar-refractivity contribution in [2.75, 3.05) is 25.1 Å². The van der Waals surface area contributed by atoms with Crippen LogP contribution in [-0.4, -0.2) is 26.2 Å². The van der Waals surface area contributed by atoms with E-state index in [1.165, 1.54) is 5.56 Å². The van der Waals surface area contributed by atoms with Crippen LogP contribution in [0.3, 0.4) is 0 Å². The summed E-state index contributed by atoms with van der Waals surface area (Å²) in [7, 11) is 2.03. The number of hydrogen-bond acceptors (Lipinski definition) is 3. The van der Waals surface area contributed by atoms with Crippen LogP contribution in [0.4, 0.5) is 5.69 Å². The van der Waals surface area contributed by atoms with Crippen molar-refractivity contribution in [3.05, 3.63) is 29.3 Å². The number of hydrogen-bond donors (Lipinski definition) is 0. The largest absolute Gasteiger partial charge is 0.462 e. The van der Waals surface area contributed by atoms with E-state index >= 15 is 0 Å². The number of benzene rings is 1. The molecule has 0 aliphatic heterocycles. The van der Waals surface area contributed by atoms with E-state index in [0.717, 1.165) is 25.1 Å². The fourth-order valence-corrected chi connectivity index (χ4v) is 2.15. The second-order valence-corrected chi connectivity index (χ2v) is 4.31. The Labute approximate surface area is 110 Å². The predicted octanol–water partition coefficient (Wildman–Crippen LogP) is 3.27. The highest BCUT2D eigenvalue weighted by Gasteiger charge is 2.17. The van der Waals surface area contributed by atoms with Gasteiger partial charge < -0.3 is 9.64 Å². The molecule has 0 atom stereocenters. The molecule has 0 fully saturated rings. The van der Waals surface area contributed by atoms with Crippen molar-refractivity contribution in [1.82, 2.24) is 0 Å². The number of ether oxygens (including phenoxy) is 1. The lowest BCUT2D eigenvalue weighted by Gasteiger charge is -2.24. The van der Waals surface area contributed by atoms with Crippen LogP contribution in [0.25, 0.3) is 0 Å². The highest BCUT2D eigenvalue weighted by atomic mass is 16.5. The number of esters is 1. The first-order valence-corrected chi connectivity index (χ1v) is 6.65. The van der Waals surface area contributed by atoms with E-state index in [4.69, 9.17) is 4.74 Å². The third-order valence-electron chi connectivity index (χ3n) is 2.94. The third kappa shape index (κ3) is 3.25. The number of carbonyl (C=O) groups excluding carboxylic acids is 1. The Hall–Kier alpha value is -1.51. The quantitative estimate of drug-likeness (QED) is 0.725. The Morgan fingerprint density at radius 2 is 2.00 bits per heavy atom. The Balaban J connectivity index is 3.19. The molecule has 3 nitrogen and oxygen atoms in total. The van der Waals surface area contributed by atoms with Crippen molar-refractivity contribution in [3.8, 4) is 0 Å². The van der Waals surface area contributed by atoms with Crippen LogP contribution in [0.15, 0.2) is 18.2 Å². The molecule has 100 valence electrons. The van der Waals surface area contributed by atoms with Gasteiger partial charge in [0, 0.05) is 13.6 Å². The molecule has 0 aromatic heterocycles. The number of para-hydroxylation sites is 1. The van der Waals surface area contributed by atoms with Crippen LogP contribution in [-0.2, 0) is 11.2 Å². The Morgan fingerprint density at radius 3 is 2.56 bits per heavy atom. The zero-order valence-electron chi connectivity index (χ0n) is 11.8. The monoisotopic (exact) mass is 249 g/mol. The van der Waals surface area contributed by atoms with Crippen LogP contribution in [0.2, 0.25) is 0 Å². The second-order valence-electron chi connectivity index (χ2n) is 4.31. The average Bonchev–Trinajstić information content (AvgIpc) is 2.38. The normalized spacial score (nSPS) is 10.2. The number of nitrogens with zero attached hydrogens (tertiary/aromatic N) is 1.